The summed E-state index contributed by atoms with van der Waals surface area (Å²) in [6, 6.07) is 8.49. The molecule has 6 heteroatoms. The zero-order valence-corrected chi connectivity index (χ0v) is 18.6. The van der Waals surface area contributed by atoms with Crippen LogP contribution in [-0.4, -0.2) is 60.0 Å². The molecule has 1 aromatic rings. The highest BCUT2D eigenvalue weighted by Crippen LogP contribution is 2.57. The Hall–Kier alpha value is -1.95. The van der Waals surface area contributed by atoms with Gasteiger partial charge < -0.3 is 25.0 Å². The summed E-state index contributed by atoms with van der Waals surface area (Å²) in [6.07, 6.45) is 6.00. The van der Waals surface area contributed by atoms with Crippen LogP contribution in [0.4, 0.5) is 10.5 Å². The van der Waals surface area contributed by atoms with E-state index in [2.05, 4.69) is 22.3 Å². The van der Waals surface area contributed by atoms with Crippen molar-refractivity contribution in [2.75, 3.05) is 37.7 Å². The zero-order chi connectivity index (χ0) is 21.2. The van der Waals surface area contributed by atoms with Gasteiger partial charge in [0.1, 0.15) is 5.75 Å². The summed E-state index contributed by atoms with van der Waals surface area (Å²) in [5.41, 5.74) is 0.551. The van der Waals surface area contributed by atoms with Crippen molar-refractivity contribution in [3.05, 3.63) is 24.3 Å². The SMILES string of the molecule is CCOc1ccc(N2CC3CN(C(=O)N[C@@]45C[C@@H]6C[C@@H](C[C@@](O)(C6)C4)C5)CC3C2)cc1. The Balaban J connectivity index is 1.07. The Morgan fingerprint density at radius 1 is 1.06 bits per heavy atom. The first-order chi connectivity index (χ1) is 14.9. The Bertz CT molecular complexity index is 828. The summed E-state index contributed by atoms with van der Waals surface area (Å²) < 4.78 is 5.56. The lowest BCUT2D eigenvalue weighted by Gasteiger charge is -2.60. The van der Waals surface area contributed by atoms with Crippen molar-refractivity contribution < 1.29 is 14.6 Å². The summed E-state index contributed by atoms with van der Waals surface area (Å²) >= 11 is 0. The lowest BCUT2D eigenvalue weighted by molar-refractivity contribution is -0.139. The first-order valence-electron chi connectivity index (χ1n) is 12.2. The van der Waals surface area contributed by atoms with Gasteiger partial charge in [0.25, 0.3) is 0 Å². The van der Waals surface area contributed by atoms with Crippen LogP contribution in [0, 0.1) is 23.7 Å². The number of aliphatic hydroxyl groups is 1. The van der Waals surface area contributed by atoms with E-state index in [1.54, 1.807) is 0 Å². The molecule has 4 bridgehead atoms. The summed E-state index contributed by atoms with van der Waals surface area (Å²) in [5.74, 6) is 3.18. The van der Waals surface area contributed by atoms with E-state index in [4.69, 9.17) is 4.74 Å². The Labute approximate surface area is 184 Å². The van der Waals surface area contributed by atoms with Crippen LogP contribution in [0.3, 0.4) is 0 Å². The van der Waals surface area contributed by atoms with Gasteiger partial charge in [0, 0.05) is 49.2 Å². The fourth-order valence-electron chi connectivity index (χ4n) is 7.96. The van der Waals surface area contributed by atoms with Gasteiger partial charge in [-0.1, -0.05) is 0 Å². The van der Waals surface area contributed by atoms with Crippen molar-refractivity contribution in [1.29, 1.82) is 0 Å². The molecule has 6 atom stereocenters. The van der Waals surface area contributed by atoms with Gasteiger partial charge in [0.2, 0.25) is 0 Å². The van der Waals surface area contributed by atoms with Crippen LogP contribution < -0.4 is 15.0 Å². The normalized spacial score (nSPS) is 40.3. The number of benzene rings is 1. The molecular weight excluding hydrogens is 390 g/mol. The number of ether oxygens (including phenoxy) is 1. The topological polar surface area (TPSA) is 65.0 Å². The maximum atomic E-state index is 13.2. The Morgan fingerprint density at radius 2 is 1.71 bits per heavy atom. The number of urea groups is 1. The fourth-order valence-corrected chi connectivity index (χ4v) is 7.96. The van der Waals surface area contributed by atoms with Crippen LogP contribution in [0.5, 0.6) is 5.75 Å². The molecule has 0 radical (unpaired) electrons. The number of nitrogens with one attached hydrogen (secondary N) is 1. The Morgan fingerprint density at radius 3 is 2.29 bits per heavy atom. The predicted octanol–water partition coefficient (Wildman–Crippen LogP) is 3.25. The van der Waals surface area contributed by atoms with E-state index < -0.39 is 5.60 Å². The molecule has 2 unspecified atom stereocenters. The molecule has 2 N–H and O–H groups in total. The van der Waals surface area contributed by atoms with E-state index in [1.165, 1.54) is 12.1 Å². The molecule has 2 aliphatic heterocycles. The van der Waals surface area contributed by atoms with Crippen LogP contribution in [0.1, 0.15) is 45.4 Å². The molecule has 2 heterocycles. The number of fused-ring (bicyclic) bond motifs is 1. The van der Waals surface area contributed by atoms with Crippen LogP contribution >= 0.6 is 0 Å². The highest BCUT2D eigenvalue weighted by molar-refractivity contribution is 5.75. The highest BCUT2D eigenvalue weighted by atomic mass is 16.5. The number of nitrogens with zero attached hydrogens (tertiary/aromatic N) is 2. The molecule has 6 nitrogen and oxygen atoms in total. The van der Waals surface area contributed by atoms with Crippen LogP contribution in [0.2, 0.25) is 0 Å². The second-order valence-corrected chi connectivity index (χ2v) is 11.2. The first kappa shape index (κ1) is 19.7. The summed E-state index contributed by atoms with van der Waals surface area (Å²) in [7, 11) is 0. The minimum absolute atomic E-state index is 0.104. The minimum atomic E-state index is -0.531. The molecule has 4 aliphatic carbocycles. The lowest BCUT2D eigenvalue weighted by Crippen LogP contribution is -2.66. The molecule has 6 fully saturated rings. The second-order valence-electron chi connectivity index (χ2n) is 11.2. The van der Waals surface area contributed by atoms with E-state index in [0.717, 1.165) is 64.0 Å². The van der Waals surface area contributed by atoms with Gasteiger partial charge in [-0.05, 0) is 81.5 Å². The molecule has 2 saturated heterocycles. The molecule has 31 heavy (non-hydrogen) atoms. The van der Waals surface area contributed by atoms with E-state index in [0.29, 0.717) is 30.3 Å². The van der Waals surface area contributed by atoms with Gasteiger partial charge in [0.15, 0.2) is 0 Å². The van der Waals surface area contributed by atoms with Crippen molar-refractivity contribution in [2.45, 2.75) is 56.6 Å². The number of hydrogen-bond acceptors (Lipinski definition) is 4. The molecular formula is C25H35N3O3. The molecule has 2 amide bonds. The van der Waals surface area contributed by atoms with Crippen molar-refractivity contribution in [3.8, 4) is 5.75 Å². The van der Waals surface area contributed by atoms with Crippen molar-refractivity contribution in [3.63, 3.8) is 0 Å². The molecule has 1 aromatic carbocycles. The van der Waals surface area contributed by atoms with Gasteiger partial charge in [-0.2, -0.15) is 0 Å². The highest BCUT2D eigenvalue weighted by Gasteiger charge is 2.58. The first-order valence-corrected chi connectivity index (χ1v) is 12.2. The monoisotopic (exact) mass is 425 g/mol. The lowest BCUT2D eigenvalue weighted by atomic mass is 9.51. The number of rotatable bonds is 4. The molecule has 168 valence electrons. The molecule has 6 aliphatic rings. The van der Waals surface area contributed by atoms with E-state index in [9.17, 15) is 9.90 Å². The number of amides is 2. The average Bonchev–Trinajstić information content (AvgIpc) is 3.26. The van der Waals surface area contributed by atoms with Gasteiger partial charge >= 0.3 is 6.03 Å². The van der Waals surface area contributed by atoms with Crippen molar-refractivity contribution in [1.82, 2.24) is 10.2 Å². The predicted molar refractivity (Wildman–Crippen MR) is 119 cm³/mol. The number of hydrogen-bond donors (Lipinski definition) is 2. The van der Waals surface area contributed by atoms with E-state index in [1.807, 2.05) is 24.0 Å². The van der Waals surface area contributed by atoms with E-state index >= 15 is 0 Å². The average molecular weight is 426 g/mol. The van der Waals surface area contributed by atoms with Gasteiger partial charge in [-0.25, -0.2) is 4.79 Å². The third kappa shape index (κ3) is 3.47. The standard InChI is InChI=1S/C25H35N3O3/c1-2-31-22-5-3-21(4-6-22)27-12-19-14-28(15-20(19)13-27)23(29)26-24-8-17-7-18(9-24)11-25(30,10-17)16-24/h3-6,17-20,30H,2,7-16H2,1H3,(H,26,29)/t17-,18+,19?,20?,24+,25-. The van der Waals surface area contributed by atoms with Crippen molar-refractivity contribution >= 4 is 11.7 Å². The summed E-state index contributed by atoms with van der Waals surface area (Å²) in [4.78, 5) is 17.7. The third-order valence-corrected chi connectivity index (χ3v) is 8.69. The van der Waals surface area contributed by atoms with Gasteiger partial charge in [-0.3, -0.25) is 0 Å². The van der Waals surface area contributed by atoms with E-state index in [-0.39, 0.29) is 11.6 Å². The number of likely N-dealkylation sites (tertiary alicyclic amines) is 1. The van der Waals surface area contributed by atoms with Crippen LogP contribution in [-0.2, 0) is 0 Å². The summed E-state index contributed by atoms with van der Waals surface area (Å²) in [5, 5.41) is 14.4. The molecule has 4 saturated carbocycles. The molecule has 0 spiro atoms. The van der Waals surface area contributed by atoms with Crippen LogP contribution in [0.25, 0.3) is 0 Å². The second kappa shape index (κ2) is 7.03. The van der Waals surface area contributed by atoms with Gasteiger partial charge in [0.05, 0.1) is 12.2 Å². The Kier molecular flexibility index (Phi) is 4.47. The maximum absolute atomic E-state index is 13.2. The largest absolute Gasteiger partial charge is 0.494 e. The summed E-state index contributed by atoms with van der Waals surface area (Å²) in [6.45, 7) is 6.40. The fraction of sp³-hybridized carbons (Fsp3) is 0.720. The molecule has 0 aromatic heterocycles. The zero-order valence-electron chi connectivity index (χ0n) is 18.6. The van der Waals surface area contributed by atoms with Gasteiger partial charge in [-0.15, -0.1) is 0 Å². The quantitative estimate of drug-likeness (QED) is 0.777. The third-order valence-electron chi connectivity index (χ3n) is 8.69. The minimum Gasteiger partial charge on any atom is -0.494 e. The maximum Gasteiger partial charge on any atom is 0.317 e. The van der Waals surface area contributed by atoms with Crippen LogP contribution in [0.15, 0.2) is 24.3 Å². The smallest absolute Gasteiger partial charge is 0.317 e. The number of carbonyl (C=O) groups excluding carboxylic acids is 1. The number of carbonyl (C=O) groups is 1. The molecule has 7 rings (SSSR count). The number of anilines is 1. The van der Waals surface area contributed by atoms with Crippen molar-refractivity contribution in [2.24, 2.45) is 23.7 Å².